The number of imide groups is 1. The maximum Gasteiger partial charge on any atom is 0.240 e. The highest BCUT2D eigenvalue weighted by Gasteiger charge is 2.63. The third kappa shape index (κ3) is 3.94. The van der Waals surface area contributed by atoms with Crippen LogP contribution in [0.2, 0.25) is 5.02 Å². The lowest BCUT2D eigenvalue weighted by atomic mass is 9.85. The fourth-order valence-corrected chi connectivity index (χ4v) is 6.06. The second-order valence-electron chi connectivity index (χ2n) is 9.43. The minimum Gasteiger partial charge on any atom is -0.359 e. The lowest BCUT2D eigenvalue weighted by Crippen LogP contribution is -2.46. The van der Waals surface area contributed by atoms with Crippen molar-refractivity contribution in [3.8, 4) is 0 Å². The van der Waals surface area contributed by atoms with Crippen molar-refractivity contribution < 1.29 is 19.2 Å². The first-order valence-electron chi connectivity index (χ1n) is 12.1. The number of benzene rings is 3. The summed E-state index contributed by atoms with van der Waals surface area (Å²) < 4.78 is 0.820. The van der Waals surface area contributed by atoms with Crippen molar-refractivity contribution in [2.45, 2.75) is 12.1 Å². The number of rotatable bonds is 5. The molecule has 0 N–H and O–H groups in total. The van der Waals surface area contributed by atoms with Gasteiger partial charge in [-0.3, -0.25) is 19.2 Å². The van der Waals surface area contributed by atoms with Crippen LogP contribution in [-0.4, -0.2) is 40.4 Å². The molecule has 6 nitrogen and oxygen atoms in total. The molecule has 2 amide bonds. The quantitative estimate of drug-likeness (QED) is 0.292. The van der Waals surface area contributed by atoms with Gasteiger partial charge in [-0.1, -0.05) is 82.1 Å². The summed E-state index contributed by atoms with van der Waals surface area (Å²) in [7, 11) is 0. The van der Waals surface area contributed by atoms with Gasteiger partial charge >= 0.3 is 0 Å². The molecule has 0 saturated carbocycles. The van der Waals surface area contributed by atoms with Gasteiger partial charge in [0.05, 0.1) is 23.6 Å². The first-order valence-corrected chi connectivity index (χ1v) is 13.2. The highest BCUT2D eigenvalue weighted by atomic mass is 79.9. The molecule has 0 unspecified atom stereocenters. The molecule has 0 bridgehead atoms. The van der Waals surface area contributed by atoms with E-state index in [-0.39, 0.29) is 11.6 Å². The summed E-state index contributed by atoms with van der Waals surface area (Å²) in [5, 5.41) is 0.389. The van der Waals surface area contributed by atoms with Gasteiger partial charge in [0.25, 0.3) is 0 Å². The molecule has 3 aromatic carbocycles. The Labute approximate surface area is 232 Å². The molecule has 6 rings (SSSR count). The molecule has 3 aromatic rings. The number of halogens is 2. The number of carbonyl (C=O) groups is 4. The zero-order valence-corrected chi connectivity index (χ0v) is 22.2. The number of carbonyl (C=O) groups excluding carboxylic acids is 4. The minimum absolute atomic E-state index is 0.191. The number of Topliss-reactive ketones (excluding diaryl/α,β-unsaturated/α-hetero) is 2. The van der Waals surface area contributed by atoms with E-state index in [4.69, 9.17) is 11.6 Å². The maximum absolute atomic E-state index is 13.9. The van der Waals surface area contributed by atoms with Crippen LogP contribution < -0.4 is 4.90 Å². The summed E-state index contributed by atoms with van der Waals surface area (Å²) in [6, 6.07) is 20.8. The largest absolute Gasteiger partial charge is 0.359 e. The molecule has 3 aliphatic rings. The van der Waals surface area contributed by atoms with Crippen LogP contribution in [0.1, 0.15) is 20.7 Å². The summed E-state index contributed by atoms with van der Waals surface area (Å²) >= 11 is 9.55. The molecule has 0 radical (unpaired) electrons. The van der Waals surface area contributed by atoms with Crippen LogP contribution in [0.3, 0.4) is 0 Å². The van der Waals surface area contributed by atoms with E-state index in [0.717, 1.165) is 9.37 Å². The predicted octanol–water partition coefficient (Wildman–Crippen LogP) is 5.48. The van der Waals surface area contributed by atoms with Gasteiger partial charge in [0.2, 0.25) is 11.8 Å². The number of ketones is 2. The van der Waals surface area contributed by atoms with Gasteiger partial charge in [-0.25, -0.2) is 4.90 Å². The molecule has 38 heavy (non-hydrogen) atoms. The molecule has 3 heterocycles. The van der Waals surface area contributed by atoms with E-state index in [9.17, 15) is 19.2 Å². The third-order valence-electron chi connectivity index (χ3n) is 7.31. The molecule has 3 aliphatic heterocycles. The number of hydrogen-bond donors (Lipinski definition) is 0. The Morgan fingerprint density at radius 2 is 1.53 bits per heavy atom. The molecule has 0 aromatic heterocycles. The van der Waals surface area contributed by atoms with Gasteiger partial charge in [0.15, 0.2) is 11.6 Å². The molecule has 2 fully saturated rings. The standard InChI is InChI=1S/C30H20BrClN2O4/c31-20-11-9-18(10-12-20)28(36)26-25-24(29(37)34(30(25)38)22-8-4-7-21(32)16-22)23-15-19(13-14-33(23)26)27(35)17-5-2-1-3-6-17/h1-16,23-26H/t23-,24+,25-,26+/m1/s1. The minimum atomic E-state index is -0.922. The molecule has 188 valence electrons. The first-order chi connectivity index (χ1) is 18.3. The summed E-state index contributed by atoms with van der Waals surface area (Å²) in [4.78, 5) is 57.7. The third-order valence-corrected chi connectivity index (χ3v) is 8.07. The second kappa shape index (κ2) is 9.49. The van der Waals surface area contributed by atoms with E-state index < -0.39 is 35.7 Å². The normalized spacial score (nSPS) is 23.8. The van der Waals surface area contributed by atoms with Crippen LogP contribution in [0.25, 0.3) is 0 Å². The van der Waals surface area contributed by atoms with E-state index >= 15 is 0 Å². The first kappa shape index (κ1) is 24.5. The van der Waals surface area contributed by atoms with Crippen LogP contribution >= 0.6 is 27.5 Å². The number of nitrogens with zero attached hydrogens (tertiary/aromatic N) is 2. The van der Waals surface area contributed by atoms with E-state index in [2.05, 4.69) is 15.9 Å². The maximum atomic E-state index is 13.9. The summed E-state index contributed by atoms with van der Waals surface area (Å²) in [5.74, 6) is -3.08. The fraction of sp³-hybridized carbons (Fsp3) is 0.133. The molecule has 0 aliphatic carbocycles. The zero-order chi connectivity index (χ0) is 26.6. The Bertz CT molecular complexity index is 1550. The predicted molar refractivity (Wildman–Crippen MR) is 147 cm³/mol. The van der Waals surface area contributed by atoms with Gasteiger partial charge in [-0.05, 0) is 36.4 Å². The van der Waals surface area contributed by atoms with E-state index in [1.54, 1.807) is 96.0 Å². The number of amides is 2. The average Bonchev–Trinajstić information content (AvgIpc) is 3.40. The van der Waals surface area contributed by atoms with Crippen molar-refractivity contribution in [2.75, 3.05) is 4.90 Å². The van der Waals surface area contributed by atoms with Crippen molar-refractivity contribution in [1.82, 2.24) is 4.90 Å². The Morgan fingerprint density at radius 1 is 0.816 bits per heavy atom. The Hall–Kier alpha value is -3.81. The topological polar surface area (TPSA) is 74.8 Å². The highest BCUT2D eigenvalue weighted by Crippen LogP contribution is 2.47. The smallest absolute Gasteiger partial charge is 0.240 e. The van der Waals surface area contributed by atoms with Crippen LogP contribution in [0.4, 0.5) is 5.69 Å². The Balaban J connectivity index is 1.44. The lowest BCUT2D eigenvalue weighted by Gasteiger charge is -2.32. The Kier molecular flexibility index (Phi) is 6.13. The molecular formula is C30H20BrClN2O4. The zero-order valence-electron chi connectivity index (χ0n) is 19.8. The monoisotopic (exact) mass is 586 g/mol. The summed E-state index contributed by atoms with van der Waals surface area (Å²) in [6.07, 6.45) is 5.04. The van der Waals surface area contributed by atoms with Gasteiger partial charge < -0.3 is 4.90 Å². The molecule has 0 spiro atoms. The molecule has 8 heteroatoms. The number of anilines is 1. The van der Waals surface area contributed by atoms with Crippen molar-refractivity contribution in [3.63, 3.8) is 0 Å². The van der Waals surface area contributed by atoms with Crippen LogP contribution in [0, 0.1) is 11.8 Å². The Morgan fingerprint density at radius 3 is 2.24 bits per heavy atom. The molecule has 2 saturated heterocycles. The van der Waals surface area contributed by atoms with Gasteiger partial charge in [0.1, 0.15) is 6.04 Å². The van der Waals surface area contributed by atoms with Crippen LogP contribution in [0.5, 0.6) is 0 Å². The van der Waals surface area contributed by atoms with Crippen molar-refractivity contribution in [3.05, 3.63) is 123 Å². The van der Waals surface area contributed by atoms with E-state index in [0.29, 0.717) is 27.4 Å². The van der Waals surface area contributed by atoms with Gasteiger partial charge in [-0.2, -0.15) is 0 Å². The SMILES string of the molecule is O=C(C1=C[C@@H]2[C@@H]3C(=O)N(c4cccc(Cl)c4)C(=O)[C@H]3[C@@H](C(=O)c3ccc(Br)cc3)N2C=C1)c1ccccc1. The summed E-state index contributed by atoms with van der Waals surface area (Å²) in [5.41, 5.74) is 1.72. The number of allylic oxidation sites excluding steroid dienone is 2. The fourth-order valence-electron chi connectivity index (χ4n) is 5.61. The second-order valence-corrected chi connectivity index (χ2v) is 10.8. The van der Waals surface area contributed by atoms with Crippen LogP contribution in [0.15, 0.2) is 107 Å². The molecule has 4 atom stereocenters. The van der Waals surface area contributed by atoms with E-state index in [1.807, 2.05) is 6.07 Å². The molecular weight excluding hydrogens is 568 g/mol. The summed E-state index contributed by atoms with van der Waals surface area (Å²) in [6.45, 7) is 0. The van der Waals surface area contributed by atoms with Crippen molar-refractivity contribution >= 4 is 56.6 Å². The average molecular weight is 588 g/mol. The van der Waals surface area contributed by atoms with Crippen molar-refractivity contribution in [2.24, 2.45) is 11.8 Å². The van der Waals surface area contributed by atoms with Crippen LogP contribution in [-0.2, 0) is 9.59 Å². The number of hydrogen-bond acceptors (Lipinski definition) is 5. The van der Waals surface area contributed by atoms with Crippen molar-refractivity contribution in [1.29, 1.82) is 0 Å². The lowest BCUT2D eigenvalue weighted by molar-refractivity contribution is -0.123. The van der Waals surface area contributed by atoms with E-state index in [1.165, 1.54) is 0 Å². The number of fused-ring (bicyclic) bond motifs is 3. The van der Waals surface area contributed by atoms with Gasteiger partial charge in [-0.15, -0.1) is 0 Å². The highest BCUT2D eigenvalue weighted by molar-refractivity contribution is 9.10. The van der Waals surface area contributed by atoms with Gasteiger partial charge in [0, 0.05) is 32.4 Å².